The molecule has 2 aromatic carbocycles. The zero-order valence-corrected chi connectivity index (χ0v) is 16.7. The van der Waals surface area contributed by atoms with Crippen LogP contribution in [0.1, 0.15) is 22.3 Å². The molecular formula is C20H21F3N2O3S. The molecule has 0 heterocycles. The number of halogens is 3. The van der Waals surface area contributed by atoms with Crippen molar-refractivity contribution in [3.63, 3.8) is 0 Å². The van der Waals surface area contributed by atoms with Crippen LogP contribution in [0.2, 0.25) is 0 Å². The smallest absolute Gasteiger partial charge is 0.416 e. The van der Waals surface area contributed by atoms with Gasteiger partial charge in [0.15, 0.2) is 0 Å². The molecule has 0 spiro atoms. The average molecular weight is 426 g/mol. The van der Waals surface area contributed by atoms with Crippen LogP contribution >= 0.6 is 11.8 Å². The zero-order chi connectivity index (χ0) is 21.4. The summed E-state index contributed by atoms with van der Waals surface area (Å²) in [5.74, 6) is -0.173. The van der Waals surface area contributed by atoms with Gasteiger partial charge in [-0.1, -0.05) is 18.2 Å². The number of anilines is 1. The Balaban J connectivity index is 2.17. The number of methoxy groups -OCH3 is 1. The number of alkyl halides is 3. The van der Waals surface area contributed by atoms with E-state index >= 15 is 0 Å². The molecule has 0 saturated heterocycles. The highest BCUT2D eigenvalue weighted by Gasteiger charge is 2.31. The fourth-order valence-electron chi connectivity index (χ4n) is 2.58. The van der Waals surface area contributed by atoms with Gasteiger partial charge in [-0.3, -0.25) is 9.59 Å². The van der Waals surface area contributed by atoms with Crippen LogP contribution < -0.4 is 15.4 Å². The molecule has 2 N–H and O–H groups in total. The van der Waals surface area contributed by atoms with Crippen molar-refractivity contribution in [3.8, 4) is 5.75 Å². The number of para-hydroxylation sites is 1. The van der Waals surface area contributed by atoms with Crippen LogP contribution in [0.15, 0.2) is 48.5 Å². The fraction of sp³-hybridized carbons (Fsp3) is 0.300. The lowest BCUT2D eigenvalue weighted by Crippen LogP contribution is -2.44. The lowest BCUT2D eigenvalue weighted by atomic mass is 10.1. The topological polar surface area (TPSA) is 67.4 Å². The van der Waals surface area contributed by atoms with Crippen LogP contribution in [0, 0.1) is 0 Å². The summed E-state index contributed by atoms with van der Waals surface area (Å²) in [6.07, 6.45) is -2.35. The van der Waals surface area contributed by atoms with Crippen molar-refractivity contribution >= 4 is 29.3 Å². The van der Waals surface area contributed by atoms with Crippen LogP contribution in [0.4, 0.5) is 18.9 Å². The van der Waals surface area contributed by atoms with Crippen LogP contribution in [-0.2, 0) is 11.0 Å². The first kappa shape index (κ1) is 22.6. The molecule has 0 saturated carbocycles. The minimum absolute atomic E-state index is 0.00511. The summed E-state index contributed by atoms with van der Waals surface area (Å²) in [6, 6.07) is 9.98. The first-order valence-corrected chi connectivity index (χ1v) is 10.1. The van der Waals surface area contributed by atoms with Gasteiger partial charge in [-0.05, 0) is 48.8 Å². The van der Waals surface area contributed by atoms with Crippen LogP contribution in [0.25, 0.3) is 0 Å². The summed E-state index contributed by atoms with van der Waals surface area (Å²) in [4.78, 5) is 25.3. The van der Waals surface area contributed by atoms with Crippen molar-refractivity contribution in [1.29, 1.82) is 0 Å². The Morgan fingerprint density at radius 1 is 1.14 bits per heavy atom. The van der Waals surface area contributed by atoms with E-state index in [1.54, 1.807) is 24.3 Å². The van der Waals surface area contributed by atoms with E-state index in [1.807, 2.05) is 6.26 Å². The lowest BCUT2D eigenvalue weighted by Gasteiger charge is -2.19. The Morgan fingerprint density at radius 3 is 2.52 bits per heavy atom. The predicted molar refractivity (Wildman–Crippen MR) is 107 cm³/mol. The second-order valence-electron chi connectivity index (χ2n) is 6.08. The maximum absolute atomic E-state index is 12.9. The molecule has 2 rings (SSSR count). The molecule has 2 amide bonds. The summed E-state index contributed by atoms with van der Waals surface area (Å²) in [6.45, 7) is 0. The van der Waals surface area contributed by atoms with Crippen molar-refractivity contribution < 1.29 is 27.5 Å². The lowest BCUT2D eigenvalue weighted by molar-refractivity contribution is -0.137. The number of carbonyl (C=O) groups is 2. The molecule has 0 bridgehead atoms. The molecule has 0 aliphatic heterocycles. The number of hydrogen-bond donors (Lipinski definition) is 2. The van der Waals surface area contributed by atoms with Gasteiger partial charge >= 0.3 is 6.18 Å². The van der Waals surface area contributed by atoms with Gasteiger partial charge in [0.25, 0.3) is 5.91 Å². The van der Waals surface area contributed by atoms with Gasteiger partial charge in [0.1, 0.15) is 11.8 Å². The summed E-state index contributed by atoms with van der Waals surface area (Å²) in [7, 11) is 1.43. The van der Waals surface area contributed by atoms with Gasteiger partial charge in [-0.25, -0.2) is 0 Å². The fourth-order valence-corrected chi connectivity index (χ4v) is 3.05. The third-order valence-corrected chi connectivity index (χ3v) is 4.69. The predicted octanol–water partition coefficient (Wildman–Crippen LogP) is 4.20. The highest BCUT2D eigenvalue weighted by atomic mass is 32.2. The van der Waals surface area contributed by atoms with Gasteiger partial charge in [0, 0.05) is 5.69 Å². The minimum Gasteiger partial charge on any atom is -0.496 e. The normalized spacial score (nSPS) is 12.2. The number of ether oxygens (including phenoxy) is 1. The van der Waals surface area contributed by atoms with Crippen molar-refractivity contribution in [2.24, 2.45) is 0 Å². The van der Waals surface area contributed by atoms with Crippen molar-refractivity contribution in [3.05, 3.63) is 59.7 Å². The first-order chi connectivity index (χ1) is 13.8. The Bertz CT molecular complexity index is 859. The largest absolute Gasteiger partial charge is 0.496 e. The van der Waals surface area contributed by atoms with E-state index in [2.05, 4.69) is 10.6 Å². The number of amides is 2. The summed E-state index contributed by atoms with van der Waals surface area (Å²) >= 11 is 1.49. The minimum atomic E-state index is -4.52. The second-order valence-corrected chi connectivity index (χ2v) is 7.06. The molecule has 0 aromatic heterocycles. The van der Waals surface area contributed by atoms with Gasteiger partial charge in [-0.15, -0.1) is 0 Å². The summed E-state index contributed by atoms with van der Waals surface area (Å²) in [5, 5.41) is 5.10. The first-order valence-electron chi connectivity index (χ1n) is 8.67. The van der Waals surface area contributed by atoms with Gasteiger partial charge in [0.2, 0.25) is 5.91 Å². The highest BCUT2D eigenvalue weighted by Crippen LogP contribution is 2.30. The van der Waals surface area contributed by atoms with Crippen molar-refractivity contribution in [1.82, 2.24) is 5.32 Å². The molecule has 1 atom stereocenters. The summed E-state index contributed by atoms with van der Waals surface area (Å²) in [5.41, 5.74) is -0.601. The Kier molecular flexibility index (Phi) is 7.95. The zero-order valence-electron chi connectivity index (χ0n) is 15.9. The standard InChI is InChI=1S/C20H21F3N2O3S/c1-28-17-9-4-3-8-15(17)18(26)25-16(10-11-29-2)19(27)24-14-7-5-6-13(12-14)20(21,22)23/h3-9,12,16H,10-11H2,1-2H3,(H,24,27)(H,25,26). The van der Waals surface area contributed by atoms with E-state index in [-0.39, 0.29) is 11.3 Å². The van der Waals surface area contributed by atoms with Crippen molar-refractivity contribution in [2.75, 3.05) is 24.4 Å². The molecule has 0 aliphatic carbocycles. The SMILES string of the molecule is COc1ccccc1C(=O)NC(CCSC)C(=O)Nc1cccc(C(F)(F)F)c1. The van der Waals surface area contributed by atoms with Gasteiger partial charge in [-0.2, -0.15) is 24.9 Å². The number of benzene rings is 2. The monoisotopic (exact) mass is 426 g/mol. The molecule has 0 aliphatic rings. The molecule has 9 heteroatoms. The van der Waals surface area contributed by atoms with E-state index in [0.717, 1.165) is 12.1 Å². The van der Waals surface area contributed by atoms with E-state index in [9.17, 15) is 22.8 Å². The number of thioether (sulfide) groups is 1. The van der Waals surface area contributed by atoms with Gasteiger partial charge in [0.05, 0.1) is 18.2 Å². The maximum atomic E-state index is 12.9. The Morgan fingerprint density at radius 2 is 1.86 bits per heavy atom. The molecule has 2 aromatic rings. The third-order valence-electron chi connectivity index (χ3n) is 4.04. The number of hydrogen-bond acceptors (Lipinski definition) is 4. The van der Waals surface area contributed by atoms with Crippen molar-refractivity contribution in [2.45, 2.75) is 18.6 Å². The van der Waals surface area contributed by atoms with E-state index in [0.29, 0.717) is 17.9 Å². The van der Waals surface area contributed by atoms with Crippen LogP contribution in [0.5, 0.6) is 5.75 Å². The maximum Gasteiger partial charge on any atom is 0.416 e. The summed E-state index contributed by atoms with van der Waals surface area (Å²) < 4.78 is 43.8. The average Bonchev–Trinajstić information content (AvgIpc) is 2.70. The molecule has 29 heavy (non-hydrogen) atoms. The third kappa shape index (κ3) is 6.42. The Labute approximate surface area is 171 Å². The van der Waals surface area contributed by atoms with E-state index < -0.39 is 29.6 Å². The van der Waals surface area contributed by atoms with Crippen LogP contribution in [-0.4, -0.2) is 37.0 Å². The molecule has 5 nitrogen and oxygen atoms in total. The van der Waals surface area contributed by atoms with Crippen LogP contribution in [0.3, 0.4) is 0 Å². The van der Waals surface area contributed by atoms with E-state index in [1.165, 1.54) is 31.0 Å². The van der Waals surface area contributed by atoms with Gasteiger partial charge < -0.3 is 15.4 Å². The number of nitrogens with one attached hydrogen (secondary N) is 2. The molecule has 1 unspecified atom stereocenters. The Hall–Kier alpha value is -2.68. The number of rotatable bonds is 8. The molecular weight excluding hydrogens is 405 g/mol. The number of carbonyl (C=O) groups excluding carboxylic acids is 2. The highest BCUT2D eigenvalue weighted by molar-refractivity contribution is 7.98. The quantitative estimate of drug-likeness (QED) is 0.664. The molecule has 0 fully saturated rings. The molecule has 0 radical (unpaired) electrons. The molecule has 156 valence electrons. The van der Waals surface area contributed by atoms with E-state index in [4.69, 9.17) is 4.74 Å². The second kappa shape index (κ2) is 10.2.